The highest BCUT2D eigenvalue weighted by atomic mass is 32.2. The van der Waals surface area contributed by atoms with Gasteiger partial charge in [-0.25, -0.2) is 0 Å². The van der Waals surface area contributed by atoms with E-state index in [1.165, 1.54) is 0 Å². The highest BCUT2D eigenvalue weighted by Gasteiger charge is 2.10. The molecule has 0 unspecified atom stereocenters. The number of carbonyl (C=O) groups is 2. The van der Waals surface area contributed by atoms with Crippen LogP contribution < -0.4 is 10.6 Å². The Labute approximate surface area is 137 Å². The number of hydrogen-bond acceptors (Lipinski definition) is 6. The summed E-state index contributed by atoms with van der Waals surface area (Å²) in [6.45, 7) is 3.47. The van der Waals surface area contributed by atoms with Gasteiger partial charge in [0.1, 0.15) is 11.5 Å². The molecule has 122 valence electrons. The number of rotatable bonds is 6. The topological polar surface area (TPSA) is 104 Å². The second-order valence-corrected chi connectivity index (χ2v) is 5.87. The fourth-order valence-electron chi connectivity index (χ4n) is 1.79. The molecular formula is C15H17N3O4S. The van der Waals surface area contributed by atoms with Crippen LogP contribution in [0.2, 0.25) is 0 Å². The third-order valence-corrected chi connectivity index (χ3v) is 3.81. The number of aromatic hydroxyl groups is 1. The number of hydrogen-bond donors (Lipinski definition) is 3. The first-order valence-electron chi connectivity index (χ1n) is 6.85. The minimum Gasteiger partial charge on any atom is -0.505 e. The van der Waals surface area contributed by atoms with Crippen molar-refractivity contribution < 1.29 is 19.2 Å². The Morgan fingerprint density at radius 3 is 2.57 bits per heavy atom. The van der Waals surface area contributed by atoms with Gasteiger partial charge in [0, 0.05) is 6.07 Å². The lowest BCUT2D eigenvalue weighted by molar-refractivity contribution is -0.114. The van der Waals surface area contributed by atoms with Crippen molar-refractivity contribution in [3.05, 3.63) is 35.6 Å². The zero-order valence-corrected chi connectivity index (χ0v) is 13.6. The molecule has 1 heterocycles. The van der Waals surface area contributed by atoms with Crippen LogP contribution in [0.5, 0.6) is 5.75 Å². The summed E-state index contributed by atoms with van der Waals surface area (Å²) >= 11 is 1.16. The fourth-order valence-corrected chi connectivity index (χ4v) is 2.40. The molecule has 0 bridgehead atoms. The molecule has 2 amide bonds. The monoisotopic (exact) mass is 335 g/mol. The van der Waals surface area contributed by atoms with Crippen LogP contribution in [0.15, 0.2) is 28.8 Å². The minimum absolute atomic E-state index is 0.0463. The number of anilines is 2. The van der Waals surface area contributed by atoms with E-state index < -0.39 is 0 Å². The molecule has 0 aliphatic rings. The van der Waals surface area contributed by atoms with E-state index >= 15 is 0 Å². The van der Waals surface area contributed by atoms with Crippen LogP contribution in [-0.2, 0) is 9.59 Å². The number of nitrogens with zero attached hydrogens (tertiary/aromatic N) is 1. The normalized spacial score (nSPS) is 10.3. The van der Waals surface area contributed by atoms with Gasteiger partial charge in [-0.15, -0.1) is 11.8 Å². The summed E-state index contributed by atoms with van der Waals surface area (Å²) in [5.74, 6) is 0.644. The Balaban J connectivity index is 1.74. The number of phenols is 1. The number of phenolic OH excluding ortho intramolecular Hbond substituents is 1. The van der Waals surface area contributed by atoms with Gasteiger partial charge in [-0.1, -0.05) is 17.3 Å². The van der Waals surface area contributed by atoms with Crippen molar-refractivity contribution in [1.82, 2.24) is 5.16 Å². The summed E-state index contributed by atoms with van der Waals surface area (Å²) in [4.78, 5) is 23.5. The third kappa shape index (κ3) is 5.03. The molecule has 0 aliphatic carbocycles. The first-order chi connectivity index (χ1) is 11.0. The average Bonchev–Trinajstić information content (AvgIpc) is 2.89. The highest BCUT2D eigenvalue weighted by molar-refractivity contribution is 8.00. The van der Waals surface area contributed by atoms with Gasteiger partial charge in [0.2, 0.25) is 11.8 Å². The molecule has 0 atom stereocenters. The lowest BCUT2D eigenvalue weighted by Gasteiger charge is -2.08. The Bertz CT molecular complexity index is 714. The van der Waals surface area contributed by atoms with Crippen molar-refractivity contribution >= 4 is 35.1 Å². The van der Waals surface area contributed by atoms with Gasteiger partial charge in [0.15, 0.2) is 5.82 Å². The van der Waals surface area contributed by atoms with Crippen molar-refractivity contribution in [2.75, 3.05) is 22.1 Å². The van der Waals surface area contributed by atoms with E-state index in [0.717, 1.165) is 11.8 Å². The van der Waals surface area contributed by atoms with E-state index in [9.17, 15) is 14.7 Å². The van der Waals surface area contributed by atoms with Crippen LogP contribution in [0.3, 0.4) is 0 Å². The zero-order chi connectivity index (χ0) is 16.8. The molecule has 0 saturated carbocycles. The number of nitrogens with one attached hydrogen (secondary N) is 2. The fraction of sp³-hybridized carbons (Fsp3) is 0.267. The Morgan fingerprint density at radius 2 is 1.91 bits per heavy atom. The van der Waals surface area contributed by atoms with E-state index in [-0.39, 0.29) is 29.1 Å². The first kappa shape index (κ1) is 16.9. The second kappa shape index (κ2) is 7.68. The summed E-state index contributed by atoms with van der Waals surface area (Å²) in [7, 11) is 0. The van der Waals surface area contributed by atoms with E-state index in [1.807, 2.05) is 0 Å². The van der Waals surface area contributed by atoms with Gasteiger partial charge in [0.25, 0.3) is 0 Å². The molecule has 0 spiro atoms. The maximum atomic E-state index is 11.8. The molecule has 1 aromatic carbocycles. The van der Waals surface area contributed by atoms with Crippen molar-refractivity contribution in [1.29, 1.82) is 0 Å². The maximum Gasteiger partial charge on any atom is 0.235 e. The average molecular weight is 335 g/mol. The summed E-state index contributed by atoms with van der Waals surface area (Å²) in [5, 5.41) is 18.6. The molecule has 3 N–H and O–H groups in total. The molecule has 2 rings (SSSR count). The third-order valence-electron chi connectivity index (χ3n) is 2.87. The van der Waals surface area contributed by atoms with Crippen molar-refractivity contribution in [2.24, 2.45) is 0 Å². The van der Waals surface area contributed by atoms with Gasteiger partial charge in [-0.3, -0.25) is 9.59 Å². The van der Waals surface area contributed by atoms with Gasteiger partial charge in [-0.2, -0.15) is 0 Å². The second-order valence-electron chi connectivity index (χ2n) is 4.88. The Hall–Kier alpha value is -2.48. The molecule has 0 aliphatic heterocycles. The molecule has 0 radical (unpaired) electrons. The van der Waals surface area contributed by atoms with Crippen molar-refractivity contribution in [2.45, 2.75) is 13.8 Å². The molecule has 0 fully saturated rings. The van der Waals surface area contributed by atoms with E-state index in [0.29, 0.717) is 22.8 Å². The van der Waals surface area contributed by atoms with Crippen LogP contribution in [-0.4, -0.2) is 33.6 Å². The Kier molecular flexibility index (Phi) is 5.64. The number of amides is 2. The first-order valence-corrected chi connectivity index (χ1v) is 8.00. The predicted molar refractivity (Wildman–Crippen MR) is 88.7 cm³/mol. The number of para-hydroxylation sites is 1. The van der Waals surface area contributed by atoms with Crippen molar-refractivity contribution in [3.8, 4) is 5.75 Å². The number of carbonyl (C=O) groups excluding carboxylic acids is 2. The Morgan fingerprint density at radius 1 is 1.22 bits per heavy atom. The van der Waals surface area contributed by atoms with Crippen molar-refractivity contribution in [3.63, 3.8) is 0 Å². The summed E-state index contributed by atoms with van der Waals surface area (Å²) in [6, 6.07) is 6.71. The van der Waals surface area contributed by atoms with Crippen LogP contribution in [0.1, 0.15) is 11.3 Å². The zero-order valence-electron chi connectivity index (χ0n) is 12.8. The van der Waals surface area contributed by atoms with Crippen LogP contribution in [0, 0.1) is 13.8 Å². The van der Waals surface area contributed by atoms with E-state index in [4.69, 9.17) is 4.52 Å². The number of aryl methyl sites for hydroxylation is 2. The SMILES string of the molecule is Cc1cc(NC(=O)CSCC(=O)Nc2cccc(C)c2O)no1. The number of benzene rings is 1. The number of thioether (sulfide) groups is 1. The van der Waals surface area contributed by atoms with Gasteiger partial charge in [0.05, 0.1) is 17.2 Å². The van der Waals surface area contributed by atoms with E-state index in [1.54, 1.807) is 38.1 Å². The van der Waals surface area contributed by atoms with Crippen LogP contribution in [0.25, 0.3) is 0 Å². The molecule has 8 heteroatoms. The summed E-state index contributed by atoms with van der Waals surface area (Å²) in [6.07, 6.45) is 0. The minimum atomic E-state index is -0.291. The maximum absolute atomic E-state index is 11.8. The molecule has 2 aromatic rings. The standard InChI is InChI=1S/C15H17N3O4S/c1-9-4-3-5-11(15(9)21)16-13(19)7-23-8-14(20)17-12-6-10(2)22-18-12/h3-6,21H,7-8H2,1-2H3,(H,16,19)(H,17,18,20). The molecule has 1 aromatic heterocycles. The number of aromatic nitrogens is 1. The van der Waals surface area contributed by atoms with E-state index in [2.05, 4.69) is 15.8 Å². The van der Waals surface area contributed by atoms with Crippen LogP contribution in [0.4, 0.5) is 11.5 Å². The lowest BCUT2D eigenvalue weighted by Crippen LogP contribution is -2.18. The predicted octanol–water partition coefficient (Wildman–Crippen LogP) is 2.31. The smallest absolute Gasteiger partial charge is 0.235 e. The lowest BCUT2D eigenvalue weighted by atomic mass is 10.2. The quantitative estimate of drug-likeness (QED) is 0.700. The molecular weight excluding hydrogens is 318 g/mol. The largest absolute Gasteiger partial charge is 0.505 e. The summed E-state index contributed by atoms with van der Waals surface area (Å²) in [5.41, 5.74) is 1.04. The summed E-state index contributed by atoms with van der Waals surface area (Å²) < 4.78 is 4.84. The van der Waals surface area contributed by atoms with Gasteiger partial charge < -0.3 is 20.3 Å². The molecule has 7 nitrogen and oxygen atoms in total. The van der Waals surface area contributed by atoms with Gasteiger partial charge >= 0.3 is 0 Å². The molecule has 23 heavy (non-hydrogen) atoms. The van der Waals surface area contributed by atoms with Gasteiger partial charge in [-0.05, 0) is 25.5 Å². The highest BCUT2D eigenvalue weighted by Crippen LogP contribution is 2.26. The molecule has 0 saturated heterocycles. The van der Waals surface area contributed by atoms with Crippen LogP contribution >= 0.6 is 11.8 Å².